The van der Waals surface area contributed by atoms with Gasteiger partial charge in [0.15, 0.2) is 0 Å². The highest BCUT2D eigenvalue weighted by molar-refractivity contribution is 5.13. The maximum Gasteiger partial charge on any atom is 0.0621 e. The van der Waals surface area contributed by atoms with E-state index in [-0.39, 0.29) is 0 Å². The zero-order valence-electron chi connectivity index (χ0n) is 54.6. The van der Waals surface area contributed by atoms with Gasteiger partial charge in [-0.25, -0.2) is 0 Å². The lowest BCUT2D eigenvalue weighted by molar-refractivity contribution is -0.215. The third-order valence-corrected chi connectivity index (χ3v) is 24.6. The number of hydrogen-bond acceptors (Lipinski definition) is 6. The minimum atomic E-state index is 0.402. The molecule has 0 aromatic heterocycles. The smallest absolute Gasteiger partial charge is 0.0621 e. The van der Waals surface area contributed by atoms with Crippen molar-refractivity contribution in [2.45, 2.75) is 386 Å². The van der Waals surface area contributed by atoms with Gasteiger partial charge in [-0.15, -0.1) is 0 Å². The summed E-state index contributed by atoms with van der Waals surface area (Å²) in [6.45, 7) is 23.4. The normalized spacial score (nSPS) is 37.4. The van der Waals surface area contributed by atoms with Crippen LogP contribution < -0.4 is 0 Å². The highest BCUT2D eigenvalue weighted by atomic mass is 16.5. The van der Waals surface area contributed by atoms with Gasteiger partial charge in [-0.05, 0) is 226 Å². The second-order valence-electron chi connectivity index (χ2n) is 30.0. The zero-order chi connectivity index (χ0) is 56.1. The van der Waals surface area contributed by atoms with Gasteiger partial charge in [-0.3, -0.25) is 9.80 Å². The van der Waals surface area contributed by atoms with E-state index in [1.807, 2.05) is 0 Å². The lowest BCUT2D eigenvalue weighted by Crippen LogP contribution is -2.68. The van der Waals surface area contributed by atoms with Crippen molar-refractivity contribution in [3.8, 4) is 0 Å². The summed E-state index contributed by atoms with van der Waals surface area (Å²) in [5.41, 5.74) is 0. The van der Waals surface area contributed by atoms with Crippen molar-refractivity contribution in [3.05, 3.63) is 0 Å². The topological polar surface area (TPSA) is 43.4 Å². The Hall–Kier alpha value is -0.240. The molecule has 12 unspecified atom stereocenters. The fraction of sp³-hybridized carbons (Fsp3) is 1.00. The van der Waals surface area contributed by atoms with Crippen molar-refractivity contribution in [2.24, 2.45) is 59.2 Å². The van der Waals surface area contributed by atoms with E-state index in [1.54, 1.807) is 0 Å². The van der Waals surface area contributed by atoms with E-state index in [1.165, 1.54) is 270 Å². The van der Waals surface area contributed by atoms with E-state index < -0.39 is 0 Å². The first-order chi connectivity index (χ1) is 39.3. The molecule has 0 N–H and O–H groups in total. The van der Waals surface area contributed by atoms with Crippen LogP contribution in [0.3, 0.4) is 0 Å². The monoisotopic (exact) mass is 1120 g/mol. The van der Waals surface area contributed by atoms with E-state index in [0.29, 0.717) is 72.3 Å². The van der Waals surface area contributed by atoms with Gasteiger partial charge in [0.2, 0.25) is 0 Å². The summed E-state index contributed by atoms with van der Waals surface area (Å²) >= 11 is 0. The van der Waals surface area contributed by atoms with Crippen LogP contribution in [0.25, 0.3) is 0 Å². The summed E-state index contributed by atoms with van der Waals surface area (Å²) in [5.74, 6) is 7.69. The quantitative estimate of drug-likeness (QED) is 0.0583. The van der Waals surface area contributed by atoms with Crippen LogP contribution in [0.2, 0.25) is 0 Å². The maximum absolute atomic E-state index is 7.76. The van der Waals surface area contributed by atoms with Crippen molar-refractivity contribution < 1.29 is 18.9 Å². The third kappa shape index (κ3) is 18.4. The molecule has 0 aromatic rings. The highest BCUT2D eigenvalue weighted by Gasteiger charge is 2.63. The molecule has 0 saturated heterocycles. The SMILES string of the molecule is CCCCCCCCOC1CCC(N(C2CCC(C)CC2)C2CC(OCC(CC)CCCC)C3CCC4C5C(CCC2C35)C(OCC(CC)CCCC)CC4N(C2CCC(C)CC2)C2CCC(OCCCCCCCC)CC2)CC1. The minimum absolute atomic E-state index is 0.402. The molecule has 466 valence electrons. The molecule has 6 nitrogen and oxygen atoms in total. The van der Waals surface area contributed by atoms with E-state index in [9.17, 15) is 0 Å². The Labute approximate surface area is 497 Å². The molecule has 80 heavy (non-hydrogen) atoms. The second-order valence-corrected chi connectivity index (χ2v) is 30.0. The predicted molar refractivity (Wildman–Crippen MR) is 340 cm³/mol. The summed E-state index contributed by atoms with van der Waals surface area (Å²) in [5, 5.41) is 0. The van der Waals surface area contributed by atoms with Crippen LogP contribution in [0.1, 0.15) is 325 Å². The average molecular weight is 1120 g/mol. The lowest BCUT2D eigenvalue weighted by Gasteiger charge is -2.66. The number of nitrogens with zero attached hydrogens (tertiary/aromatic N) is 2. The Morgan fingerprint density at radius 3 is 1.01 bits per heavy atom. The molecule has 6 heteroatoms. The van der Waals surface area contributed by atoms with E-state index >= 15 is 0 Å². The second kappa shape index (κ2) is 35.5. The van der Waals surface area contributed by atoms with Gasteiger partial charge in [0.05, 0.1) is 24.4 Å². The van der Waals surface area contributed by atoms with Crippen LogP contribution in [0.15, 0.2) is 0 Å². The number of ether oxygens (including phenoxy) is 4. The minimum Gasteiger partial charge on any atom is -0.378 e. The number of hydrogen-bond donors (Lipinski definition) is 0. The van der Waals surface area contributed by atoms with Crippen LogP contribution in [0, 0.1) is 59.2 Å². The summed E-state index contributed by atoms with van der Waals surface area (Å²) in [6, 6.07) is 4.19. The molecule has 8 fully saturated rings. The molecule has 8 rings (SSSR count). The van der Waals surface area contributed by atoms with Crippen molar-refractivity contribution in [2.75, 3.05) is 26.4 Å². The van der Waals surface area contributed by atoms with Gasteiger partial charge >= 0.3 is 0 Å². The molecule has 8 aliphatic carbocycles. The first kappa shape index (κ1) is 65.7. The standard InChI is InChI=1S/C74H136N2O4/c1-9-15-19-21-23-25-49-77-63-41-37-61(38-42-63)75(59-33-29-55(7)30-34-59)69-51-71(79-53-57(13-5)27-17-11-3)67-48-46-66-70(52-72(80-54-58(14-6)28-18-12-4)68-47-45-65(69)73(67)74(66)68)76(60-35-31-56(8)32-36-60)62-39-43-64(44-40-62)78-50-26-24-22-20-16-10-2/h55-74H,9-54H2,1-8H3. The van der Waals surface area contributed by atoms with Crippen molar-refractivity contribution in [3.63, 3.8) is 0 Å². The van der Waals surface area contributed by atoms with Gasteiger partial charge in [0.1, 0.15) is 0 Å². The van der Waals surface area contributed by atoms with E-state index in [2.05, 4.69) is 65.2 Å². The van der Waals surface area contributed by atoms with Crippen LogP contribution in [-0.2, 0) is 18.9 Å². The van der Waals surface area contributed by atoms with E-state index in [0.717, 1.165) is 74.0 Å². The van der Waals surface area contributed by atoms with Gasteiger partial charge in [-0.2, -0.15) is 0 Å². The summed E-state index contributed by atoms with van der Waals surface area (Å²) in [4.78, 5) is 6.75. The van der Waals surface area contributed by atoms with Crippen molar-refractivity contribution >= 4 is 0 Å². The number of unbranched alkanes of at least 4 members (excludes halogenated alkanes) is 12. The van der Waals surface area contributed by atoms with Crippen LogP contribution in [-0.4, -0.2) is 96.9 Å². The molecule has 8 aliphatic rings. The van der Waals surface area contributed by atoms with Crippen LogP contribution >= 0.6 is 0 Å². The molecule has 12 atom stereocenters. The first-order valence-electron chi connectivity index (χ1n) is 37.3. The Morgan fingerprint density at radius 1 is 0.338 bits per heavy atom. The fourth-order valence-electron chi connectivity index (χ4n) is 19.7. The summed E-state index contributed by atoms with van der Waals surface area (Å²) in [7, 11) is 0. The molecule has 0 amide bonds. The van der Waals surface area contributed by atoms with Crippen molar-refractivity contribution in [1.29, 1.82) is 0 Å². The van der Waals surface area contributed by atoms with Gasteiger partial charge in [0.25, 0.3) is 0 Å². The maximum atomic E-state index is 7.76. The largest absolute Gasteiger partial charge is 0.378 e. The van der Waals surface area contributed by atoms with E-state index in [4.69, 9.17) is 18.9 Å². The molecular weight excluding hydrogens is 981 g/mol. The van der Waals surface area contributed by atoms with Gasteiger partial charge in [0, 0.05) is 62.7 Å². The molecular formula is C74H136N2O4. The van der Waals surface area contributed by atoms with Crippen molar-refractivity contribution in [1.82, 2.24) is 9.80 Å². The van der Waals surface area contributed by atoms with Crippen LogP contribution in [0.4, 0.5) is 0 Å². The Bertz CT molecular complexity index is 1480. The molecule has 8 saturated carbocycles. The van der Waals surface area contributed by atoms with Gasteiger partial charge < -0.3 is 18.9 Å². The predicted octanol–water partition coefficient (Wildman–Crippen LogP) is 20.2. The average Bonchev–Trinajstić information content (AvgIpc) is 3.49. The third-order valence-electron chi connectivity index (χ3n) is 24.6. The lowest BCUT2D eigenvalue weighted by atomic mass is 9.45. The first-order valence-corrected chi connectivity index (χ1v) is 37.3. The van der Waals surface area contributed by atoms with Gasteiger partial charge in [-0.1, -0.05) is 158 Å². The summed E-state index contributed by atoms with van der Waals surface area (Å²) in [6.07, 6.45) is 58.5. The molecule has 0 radical (unpaired) electrons. The Balaban J connectivity index is 1.09. The molecule has 0 aliphatic heterocycles. The number of rotatable bonds is 36. The molecule has 0 heterocycles. The Morgan fingerprint density at radius 2 is 0.662 bits per heavy atom. The fourth-order valence-corrected chi connectivity index (χ4v) is 19.7. The highest BCUT2D eigenvalue weighted by Crippen LogP contribution is 2.63. The molecule has 0 bridgehead atoms. The van der Waals surface area contributed by atoms with Crippen LogP contribution in [0.5, 0.6) is 0 Å². The summed E-state index contributed by atoms with van der Waals surface area (Å²) < 4.78 is 29.1. The zero-order valence-corrected chi connectivity index (χ0v) is 54.6. The molecule has 0 spiro atoms. The Kier molecular flexibility index (Phi) is 29.2. The molecule has 0 aromatic carbocycles.